The zero-order chi connectivity index (χ0) is 13.7. The SMILES string of the molecule is COCCNCC1CCCN1c1nc[nH]c(=O)c1Br. The van der Waals surface area contributed by atoms with Crippen LogP contribution in [0.1, 0.15) is 12.8 Å². The molecule has 106 valence electrons. The van der Waals surface area contributed by atoms with Crippen LogP contribution in [0.15, 0.2) is 15.6 Å². The number of H-pyrrole nitrogens is 1. The van der Waals surface area contributed by atoms with Gasteiger partial charge in [0.2, 0.25) is 0 Å². The lowest BCUT2D eigenvalue weighted by Gasteiger charge is -2.26. The second kappa shape index (κ2) is 7.02. The van der Waals surface area contributed by atoms with Gasteiger partial charge in [-0.25, -0.2) is 4.98 Å². The predicted octanol–water partition coefficient (Wildman–Crippen LogP) is 0.737. The van der Waals surface area contributed by atoms with E-state index in [1.165, 1.54) is 6.33 Å². The molecule has 1 aliphatic rings. The molecule has 0 aliphatic carbocycles. The molecule has 1 saturated heterocycles. The summed E-state index contributed by atoms with van der Waals surface area (Å²) in [5, 5.41) is 3.37. The van der Waals surface area contributed by atoms with Crippen molar-refractivity contribution in [3.63, 3.8) is 0 Å². The van der Waals surface area contributed by atoms with E-state index in [4.69, 9.17) is 4.74 Å². The van der Waals surface area contributed by atoms with Gasteiger partial charge >= 0.3 is 0 Å². The van der Waals surface area contributed by atoms with E-state index >= 15 is 0 Å². The maximum atomic E-state index is 11.6. The van der Waals surface area contributed by atoms with Gasteiger partial charge in [0.05, 0.1) is 12.9 Å². The first-order valence-electron chi connectivity index (χ1n) is 6.43. The van der Waals surface area contributed by atoms with Gasteiger partial charge in [0.25, 0.3) is 5.56 Å². The van der Waals surface area contributed by atoms with Crippen molar-refractivity contribution in [2.24, 2.45) is 0 Å². The molecule has 2 heterocycles. The van der Waals surface area contributed by atoms with Crippen LogP contribution in [-0.4, -0.2) is 49.4 Å². The molecule has 1 aliphatic heterocycles. The molecule has 1 aromatic rings. The Hall–Kier alpha value is -0.920. The molecule has 2 rings (SSSR count). The Balaban J connectivity index is 2.02. The molecule has 0 amide bonds. The number of hydrogen-bond donors (Lipinski definition) is 2. The Kier molecular flexibility index (Phi) is 5.35. The summed E-state index contributed by atoms with van der Waals surface area (Å²) in [6.07, 6.45) is 3.69. The van der Waals surface area contributed by atoms with Crippen LogP contribution in [-0.2, 0) is 4.74 Å². The summed E-state index contributed by atoms with van der Waals surface area (Å²) < 4.78 is 5.52. The molecule has 1 unspecified atom stereocenters. The van der Waals surface area contributed by atoms with Gasteiger partial charge in [-0.3, -0.25) is 4.79 Å². The standard InChI is InChI=1S/C12H19BrN4O2/c1-19-6-4-14-7-9-3-2-5-17(9)11-10(13)12(18)16-8-15-11/h8-9,14H,2-7H2,1H3,(H,15,16,18). The molecule has 0 radical (unpaired) electrons. The molecule has 0 aromatic carbocycles. The number of nitrogens with zero attached hydrogens (tertiary/aromatic N) is 2. The van der Waals surface area contributed by atoms with Crippen molar-refractivity contribution in [3.05, 3.63) is 21.2 Å². The molecule has 0 bridgehead atoms. The Morgan fingerprint density at radius 3 is 3.32 bits per heavy atom. The molecular formula is C12H19BrN4O2. The maximum Gasteiger partial charge on any atom is 0.267 e. The Bertz CT molecular complexity index is 465. The first-order chi connectivity index (χ1) is 9.24. The number of anilines is 1. The Labute approximate surface area is 120 Å². The fourth-order valence-corrected chi connectivity index (χ4v) is 2.79. The number of halogens is 1. The fourth-order valence-electron chi connectivity index (χ4n) is 2.34. The minimum absolute atomic E-state index is 0.136. The molecule has 1 aromatic heterocycles. The van der Waals surface area contributed by atoms with E-state index < -0.39 is 0 Å². The normalized spacial score (nSPS) is 19.1. The third kappa shape index (κ3) is 3.55. The van der Waals surface area contributed by atoms with Crippen molar-refractivity contribution in [1.82, 2.24) is 15.3 Å². The third-order valence-corrected chi connectivity index (χ3v) is 4.01. The molecule has 7 heteroatoms. The first kappa shape index (κ1) is 14.5. The van der Waals surface area contributed by atoms with Crippen LogP contribution in [0.4, 0.5) is 5.82 Å². The summed E-state index contributed by atoms with van der Waals surface area (Å²) >= 11 is 3.32. The predicted molar refractivity (Wildman–Crippen MR) is 77.7 cm³/mol. The van der Waals surface area contributed by atoms with E-state index in [9.17, 15) is 4.79 Å². The van der Waals surface area contributed by atoms with Gasteiger partial charge in [0.15, 0.2) is 5.82 Å². The summed E-state index contributed by atoms with van der Waals surface area (Å²) in [5.74, 6) is 0.736. The number of rotatable bonds is 6. The van der Waals surface area contributed by atoms with Crippen LogP contribution in [0.3, 0.4) is 0 Å². The van der Waals surface area contributed by atoms with Crippen molar-refractivity contribution < 1.29 is 4.74 Å². The lowest BCUT2D eigenvalue weighted by molar-refractivity contribution is 0.199. The fraction of sp³-hybridized carbons (Fsp3) is 0.667. The molecule has 0 saturated carbocycles. The van der Waals surface area contributed by atoms with E-state index in [2.05, 4.69) is 36.1 Å². The molecule has 6 nitrogen and oxygen atoms in total. The molecule has 19 heavy (non-hydrogen) atoms. The number of hydrogen-bond acceptors (Lipinski definition) is 5. The quantitative estimate of drug-likeness (QED) is 0.753. The summed E-state index contributed by atoms with van der Waals surface area (Å²) in [6.45, 7) is 3.36. The van der Waals surface area contributed by atoms with E-state index in [0.717, 1.165) is 38.3 Å². The lowest BCUT2D eigenvalue weighted by atomic mass is 10.2. The van der Waals surface area contributed by atoms with Gasteiger partial charge in [0.1, 0.15) is 4.47 Å². The van der Waals surface area contributed by atoms with Crippen molar-refractivity contribution in [1.29, 1.82) is 0 Å². The third-order valence-electron chi connectivity index (χ3n) is 3.29. The summed E-state index contributed by atoms with van der Waals surface area (Å²) in [5.41, 5.74) is -0.136. The highest BCUT2D eigenvalue weighted by Crippen LogP contribution is 2.27. The van der Waals surface area contributed by atoms with E-state index in [-0.39, 0.29) is 5.56 Å². The zero-order valence-electron chi connectivity index (χ0n) is 11.0. The highest BCUT2D eigenvalue weighted by atomic mass is 79.9. The van der Waals surface area contributed by atoms with Crippen LogP contribution in [0, 0.1) is 0 Å². The van der Waals surface area contributed by atoms with Gasteiger partial charge in [-0.1, -0.05) is 0 Å². The lowest BCUT2D eigenvalue weighted by Crippen LogP contribution is -2.40. The number of ether oxygens (including phenoxy) is 1. The van der Waals surface area contributed by atoms with Crippen LogP contribution in [0.2, 0.25) is 0 Å². The topological polar surface area (TPSA) is 70.2 Å². The minimum Gasteiger partial charge on any atom is -0.383 e. The molecule has 2 N–H and O–H groups in total. The number of aromatic amines is 1. The molecule has 1 fully saturated rings. The first-order valence-corrected chi connectivity index (χ1v) is 7.23. The van der Waals surface area contributed by atoms with Crippen molar-refractivity contribution in [3.8, 4) is 0 Å². The summed E-state index contributed by atoms with van der Waals surface area (Å²) in [6, 6.07) is 0.377. The largest absolute Gasteiger partial charge is 0.383 e. The average Bonchev–Trinajstić information content (AvgIpc) is 2.86. The summed E-state index contributed by atoms with van der Waals surface area (Å²) in [4.78, 5) is 20.6. The maximum absolute atomic E-state index is 11.6. The van der Waals surface area contributed by atoms with Gasteiger partial charge in [-0.2, -0.15) is 0 Å². The number of methoxy groups -OCH3 is 1. The second-order valence-corrected chi connectivity index (χ2v) is 5.35. The van der Waals surface area contributed by atoms with Gasteiger partial charge < -0.3 is 19.9 Å². The van der Waals surface area contributed by atoms with E-state index in [1.54, 1.807) is 7.11 Å². The number of nitrogens with one attached hydrogen (secondary N) is 2. The minimum atomic E-state index is -0.136. The van der Waals surface area contributed by atoms with Gasteiger partial charge in [-0.05, 0) is 28.8 Å². The van der Waals surface area contributed by atoms with Crippen molar-refractivity contribution in [2.45, 2.75) is 18.9 Å². The highest BCUT2D eigenvalue weighted by molar-refractivity contribution is 9.10. The van der Waals surface area contributed by atoms with Gasteiger partial charge in [0, 0.05) is 32.8 Å². The Morgan fingerprint density at radius 2 is 2.53 bits per heavy atom. The van der Waals surface area contributed by atoms with Crippen LogP contribution in [0.5, 0.6) is 0 Å². The smallest absolute Gasteiger partial charge is 0.267 e. The molecular weight excluding hydrogens is 312 g/mol. The van der Waals surface area contributed by atoms with E-state index in [0.29, 0.717) is 17.1 Å². The number of aromatic nitrogens is 2. The average molecular weight is 331 g/mol. The molecule has 1 atom stereocenters. The Morgan fingerprint density at radius 1 is 1.68 bits per heavy atom. The van der Waals surface area contributed by atoms with Gasteiger partial charge in [-0.15, -0.1) is 0 Å². The second-order valence-electron chi connectivity index (χ2n) is 4.56. The monoisotopic (exact) mass is 330 g/mol. The highest BCUT2D eigenvalue weighted by Gasteiger charge is 2.27. The van der Waals surface area contributed by atoms with E-state index in [1.807, 2.05) is 0 Å². The van der Waals surface area contributed by atoms with Crippen LogP contribution < -0.4 is 15.8 Å². The zero-order valence-corrected chi connectivity index (χ0v) is 12.6. The summed E-state index contributed by atoms with van der Waals surface area (Å²) in [7, 11) is 1.70. The van der Waals surface area contributed by atoms with Crippen molar-refractivity contribution >= 4 is 21.7 Å². The van der Waals surface area contributed by atoms with Crippen molar-refractivity contribution in [2.75, 3.05) is 38.3 Å². The van der Waals surface area contributed by atoms with Crippen LogP contribution in [0.25, 0.3) is 0 Å². The van der Waals surface area contributed by atoms with Crippen LogP contribution >= 0.6 is 15.9 Å². The molecule has 0 spiro atoms.